The minimum absolute atomic E-state index is 0.689. The van der Waals surface area contributed by atoms with Crippen molar-refractivity contribution in [3.05, 3.63) is 54.0 Å². The van der Waals surface area contributed by atoms with Crippen LogP contribution < -0.4 is 10.1 Å². The van der Waals surface area contributed by atoms with Crippen molar-refractivity contribution in [1.82, 2.24) is 14.6 Å². The largest absolute Gasteiger partial charge is 0.497 e. The van der Waals surface area contributed by atoms with E-state index in [2.05, 4.69) is 15.4 Å². The molecule has 0 aliphatic rings. The number of aromatic nitrogens is 3. The molecule has 0 aliphatic heterocycles. The average molecular weight is 268 g/mol. The van der Waals surface area contributed by atoms with E-state index in [4.69, 9.17) is 4.74 Å². The minimum atomic E-state index is 0.689. The third kappa shape index (κ3) is 2.56. The van der Waals surface area contributed by atoms with E-state index in [-0.39, 0.29) is 0 Å². The zero-order chi connectivity index (χ0) is 13.9. The van der Waals surface area contributed by atoms with Crippen molar-refractivity contribution in [2.45, 2.75) is 13.5 Å². The van der Waals surface area contributed by atoms with Gasteiger partial charge in [-0.05, 0) is 19.1 Å². The lowest BCUT2D eigenvalue weighted by molar-refractivity contribution is 0.415. The predicted molar refractivity (Wildman–Crippen MR) is 78.0 cm³/mol. The van der Waals surface area contributed by atoms with E-state index in [1.54, 1.807) is 11.6 Å². The average Bonchev–Trinajstić information content (AvgIpc) is 2.84. The van der Waals surface area contributed by atoms with Gasteiger partial charge in [0.1, 0.15) is 5.75 Å². The number of hydrogen-bond acceptors (Lipinski definition) is 4. The molecule has 0 amide bonds. The van der Waals surface area contributed by atoms with Gasteiger partial charge in [0.05, 0.1) is 12.8 Å². The van der Waals surface area contributed by atoms with Crippen LogP contribution in [0.4, 0.5) is 5.69 Å². The maximum absolute atomic E-state index is 5.20. The van der Waals surface area contributed by atoms with Gasteiger partial charge in [-0.1, -0.05) is 6.07 Å². The second kappa shape index (κ2) is 5.21. The lowest BCUT2D eigenvalue weighted by Crippen LogP contribution is -2.02. The van der Waals surface area contributed by atoms with Crippen LogP contribution in [-0.4, -0.2) is 21.7 Å². The summed E-state index contributed by atoms with van der Waals surface area (Å²) in [6, 6.07) is 9.81. The van der Waals surface area contributed by atoms with Crippen LogP contribution in [-0.2, 0) is 6.54 Å². The molecule has 3 rings (SSSR count). The van der Waals surface area contributed by atoms with Gasteiger partial charge < -0.3 is 10.1 Å². The van der Waals surface area contributed by atoms with E-state index in [1.807, 2.05) is 49.6 Å². The van der Waals surface area contributed by atoms with Gasteiger partial charge in [0.25, 0.3) is 0 Å². The van der Waals surface area contributed by atoms with E-state index in [0.717, 1.165) is 28.3 Å². The molecule has 2 heterocycles. The first-order valence-corrected chi connectivity index (χ1v) is 6.43. The second-order valence-corrected chi connectivity index (χ2v) is 4.64. The highest BCUT2D eigenvalue weighted by atomic mass is 16.5. The molecule has 0 spiro atoms. The summed E-state index contributed by atoms with van der Waals surface area (Å²) in [6.07, 6.45) is 3.85. The zero-order valence-electron chi connectivity index (χ0n) is 11.5. The number of anilines is 1. The standard InChI is InChI=1S/C15H16N4O/c1-11-6-15-17-9-12(10-19(15)18-11)8-16-13-4-3-5-14(7-13)20-2/h3-7,9-10,16H,8H2,1-2H3. The topological polar surface area (TPSA) is 51.5 Å². The Morgan fingerprint density at radius 1 is 1.30 bits per heavy atom. The highest BCUT2D eigenvalue weighted by molar-refractivity contribution is 5.48. The van der Waals surface area contributed by atoms with E-state index < -0.39 is 0 Å². The first-order valence-electron chi connectivity index (χ1n) is 6.43. The summed E-state index contributed by atoms with van der Waals surface area (Å²) in [7, 11) is 1.66. The number of benzene rings is 1. The van der Waals surface area contributed by atoms with Crippen LogP contribution in [0, 0.1) is 6.92 Å². The van der Waals surface area contributed by atoms with Gasteiger partial charge in [-0.15, -0.1) is 0 Å². The summed E-state index contributed by atoms with van der Waals surface area (Å²) in [6.45, 7) is 2.65. The van der Waals surface area contributed by atoms with E-state index in [9.17, 15) is 0 Å². The maximum atomic E-state index is 5.20. The van der Waals surface area contributed by atoms with Crippen LogP contribution in [0.2, 0.25) is 0 Å². The summed E-state index contributed by atoms with van der Waals surface area (Å²) >= 11 is 0. The molecule has 0 aliphatic carbocycles. The molecule has 1 aromatic carbocycles. The Bertz CT molecular complexity index is 736. The molecular weight excluding hydrogens is 252 g/mol. The number of nitrogens with zero attached hydrogens (tertiary/aromatic N) is 3. The first kappa shape index (κ1) is 12.5. The molecule has 20 heavy (non-hydrogen) atoms. The highest BCUT2D eigenvalue weighted by Crippen LogP contribution is 2.17. The lowest BCUT2D eigenvalue weighted by atomic mass is 10.2. The molecule has 5 heteroatoms. The van der Waals surface area contributed by atoms with Crippen LogP contribution in [0.3, 0.4) is 0 Å². The van der Waals surface area contributed by atoms with Crippen molar-refractivity contribution < 1.29 is 4.74 Å². The molecule has 102 valence electrons. The number of rotatable bonds is 4. The van der Waals surface area contributed by atoms with Crippen LogP contribution in [0.1, 0.15) is 11.3 Å². The third-order valence-electron chi connectivity index (χ3n) is 3.06. The fraction of sp³-hybridized carbons (Fsp3) is 0.200. The Labute approximate surface area is 117 Å². The normalized spacial score (nSPS) is 10.7. The molecule has 0 bridgehead atoms. The molecule has 0 unspecified atom stereocenters. The van der Waals surface area contributed by atoms with Crippen molar-refractivity contribution >= 4 is 11.3 Å². The molecule has 2 aromatic heterocycles. The molecule has 0 saturated carbocycles. The number of methoxy groups -OCH3 is 1. The van der Waals surface area contributed by atoms with Crippen molar-refractivity contribution in [2.24, 2.45) is 0 Å². The van der Waals surface area contributed by atoms with Crippen LogP contribution in [0.5, 0.6) is 5.75 Å². The van der Waals surface area contributed by atoms with E-state index in [0.29, 0.717) is 6.54 Å². The summed E-state index contributed by atoms with van der Waals surface area (Å²) in [5.74, 6) is 0.839. The highest BCUT2D eigenvalue weighted by Gasteiger charge is 2.01. The Balaban J connectivity index is 1.75. The molecule has 5 nitrogen and oxygen atoms in total. The van der Waals surface area contributed by atoms with Crippen molar-refractivity contribution in [2.75, 3.05) is 12.4 Å². The Morgan fingerprint density at radius 3 is 3.05 bits per heavy atom. The zero-order valence-corrected chi connectivity index (χ0v) is 11.5. The Morgan fingerprint density at radius 2 is 2.20 bits per heavy atom. The summed E-state index contributed by atoms with van der Waals surface area (Å²) < 4.78 is 7.00. The molecule has 1 N–H and O–H groups in total. The fourth-order valence-electron chi connectivity index (χ4n) is 2.06. The van der Waals surface area contributed by atoms with Gasteiger partial charge in [-0.25, -0.2) is 9.50 Å². The fourth-order valence-corrected chi connectivity index (χ4v) is 2.06. The number of ether oxygens (including phenoxy) is 1. The van der Waals surface area contributed by atoms with Gasteiger partial charge in [-0.2, -0.15) is 5.10 Å². The maximum Gasteiger partial charge on any atom is 0.155 e. The Kier molecular flexibility index (Phi) is 3.25. The summed E-state index contributed by atoms with van der Waals surface area (Å²) in [5, 5.41) is 7.71. The molecule has 0 fully saturated rings. The monoisotopic (exact) mass is 268 g/mol. The van der Waals surface area contributed by atoms with Gasteiger partial charge >= 0.3 is 0 Å². The van der Waals surface area contributed by atoms with Crippen LogP contribution in [0.25, 0.3) is 5.65 Å². The number of aryl methyl sites for hydroxylation is 1. The van der Waals surface area contributed by atoms with Crippen molar-refractivity contribution in [1.29, 1.82) is 0 Å². The van der Waals surface area contributed by atoms with Crippen molar-refractivity contribution in [3.8, 4) is 5.75 Å². The molecule has 0 saturated heterocycles. The number of fused-ring (bicyclic) bond motifs is 1. The molecule has 0 atom stereocenters. The SMILES string of the molecule is COc1cccc(NCc2cnc3cc(C)nn3c2)c1. The third-order valence-corrected chi connectivity index (χ3v) is 3.06. The summed E-state index contributed by atoms with van der Waals surface area (Å²) in [4.78, 5) is 4.38. The summed E-state index contributed by atoms with van der Waals surface area (Å²) in [5.41, 5.74) is 3.92. The predicted octanol–water partition coefficient (Wildman–Crippen LogP) is 2.66. The second-order valence-electron chi connectivity index (χ2n) is 4.64. The molecular formula is C15H16N4O. The molecule has 3 aromatic rings. The van der Waals surface area contributed by atoms with Gasteiger partial charge in [0, 0.05) is 42.3 Å². The minimum Gasteiger partial charge on any atom is -0.497 e. The van der Waals surface area contributed by atoms with Gasteiger partial charge in [0.15, 0.2) is 5.65 Å². The Hall–Kier alpha value is -2.56. The van der Waals surface area contributed by atoms with E-state index >= 15 is 0 Å². The lowest BCUT2D eigenvalue weighted by Gasteiger charge is -2.08. The number of hydrogen-bond donors (Lipinski definition) is 1. The first-order chi connectivity index (χ1) is 9.74. The van der Waals surface area contributed by atoms with Crippen LogP contribution >= 0.6 is 0 Å². The van der Waals surface area contributed by atoms with Gasteiger partial charge in [0.2, 0.25) is 0 Å². The van der Waals surface area contributed by atoms with Crippen molar-refractivity contribution in [3.63, 3.8) is 0 Å². The smallest absolute Gasteiger partial charge is 0.155 e. The van der Waals surface area contributed by atoms with Gasteiger partial charge in [-0.3, -0.25) is 0 Å². The molecule has 0 radical (unpaired) electrons. The quantitative estimate of drug-likeness (QED) is 0.790. The number of nitrogens with one attached hydrogen (secondary N) is 1. The van der Waals surface area contributed by atoms with E-state index in [1.165, 1.54) is 0 Å². The van der Waals surface area contributed by atoms with Crippen LogP contribution in [0.15, 0.2) is 42.7 Å².